The predicted octanol–water partition coefficient (Wildman–Crippen LogP) is 1.92. The fourth-order valence-corrected chi connectivity index (χ4v) is 1.68. The summed E-state index contributed by atoms with van der Waals surface area (Å²) < 4.78 is 11.1. The Labute approximate surface area is 113 Å². The zero-order valence-electron chi connectivity index (χ0n) is 11.5. The van der Waals surface area contributed by atoms with Crippen LogP contribution in [0, 0.1) is 5.41 Å². The number of amides is 1. The molecule has 5 heteroatoms. The number of rotatable bonds is 3. The molecule has 0 bridgehead atoms. The molecular weight excluding hydrogens is 244 g/mol. The lowest BCUT2D eigenvalue weighted by molar-refractivity contribution is -0.277. The van der Waals surface area contributed by atoms with Crippen LogP contribution in [0.5, 0.6) is 0 Å². The molecule has 0 radical (unpaired) electrons. The van der Waals surface area contributed by atoms with E-state index in [1.807, 2.05) is 51.1 Å². The molecule has 0 atom stereocenters. The molecule has 1 aromatic rings. The average molecular weight is 264 g/mol. The first-order valence-electron chi connectivity index (χ1n) is 6.31. The highest BCUT2D eigenvalue weighted by Gasteiger charge is 2.42. The minimum absolute atomic E-state index is 0.146. The Kier molecular flexibility index (Phi) is 3.78. The van der Waals surface area contributed by atoms with Gasteiger partial charge in [0.05, 0.1) is 24.3 Å². The van der Waals surface area contributed by atoms with Crippen LogP contribution in [-0.4, -0.2) is 24.9 Å². The largest absolute Gasteiger partial charge is 0.349 e. The molecule has 1 heterocycles. The normalized spacial score (nSPS) is 20.6. The number of para-hydroxylation sites is 1. The smallest absolute Gasteiger partial charge is 0.248 e. The van der Waals surface area contributed by atoms with Gasteiger partial charge in [-0.1, -0.05) is 18.2 Å². The number of hydrogen-bond acceptors (Lipinski definition) is 4. The molecular formula is C14H20N2O3. The van der Waals surface area contributed by atoms with Gasteiger partial charge in [0.15, 0.2) is 5.79 Å². The molecule has 0 saturated carbocycles. The van der Waals surface area contributed by atoms with Gasteiger partial charge >= 0.3 is 0 Å². The van der Waals surface area contributed by atoms with Crippen molar-refractivity contribution in [3.63, 3.8) is 0 Å². The second kappa shape index (κ2) is 5.19. The lowest BCUT2D eigenvalue weighted by Gasteiger charge is -2.40. The molecule has 0 aromatic heterocycles. The van der Waals surface area contributed by atoms with Crippen LogP contribution >= 0.6 is 0 Å². The molecule has 1 amide bonds. The standard InChI is InChI=1S/C14H20N2O3/c1-13(2)18-9-14(3,10-19-13)12(17)16-15-11-7-5-4-6-8-11/h4-8,15H,9-10H2,1-3H3,(H,16,17). The van der Waals surface area contributed by atoms with Crippen molar-refractivity contribution in [3.8, 4) is 0 Å². The van der Waals surface area contributed by atoms with Crippen LogP contribution < -0.4 is 10.9 Å². The van der Waals surface area contributed by atoms with Crippen LogP contribution in [0.25, 0.3) is 0 Å². The summed E-state index contributed by atoms with van der Waals surface area (Å²) >= 11 is 0. The Morgan fingerprint density at radius 3 is 2.26 bits per heavy atom. The molecule has 1 aromatic carbocycles. The first-order chi connectivity index (χ1) is 8.91. The van der Waals surface area contributed by atoms with Gasteiger partial charge in [-0.15, -0.1) is 0 Å². The van der Waals surface area contributed by atoms with Crippen molar-refractivity contribution in [1.29, 1.82) is 0 Å². The van der Waals surface area contributed by atoms with E-state index < -0.39 is 11.2 Å². The summed E-state index contributed by atoms with van der Waals surface area (Å²) in [7, 11) is 0. The minimum Gasteiger partial charge on any atom is -0.349 e. The molecule has 1 saturated heterocycles. The number of hydrazine groups is 1. The Hall–Kier alpha value is -1.59. The molecule has 5 nitrogen and oxygen atoms in total. The highest BCUT2D eigenvalue weighted by Crippen LogP contribution is 2.29. The van der Waals surface area contributed by atoms with Crippen molar-refractivity contribution in [2.45, 2.75) is 26.6 Å². The maximum Gasteiger partial charge on any atom is 0.248 e. The van der Waals surface area contributed by atoms with E-state index in [4.69, 9.17) is 9.47 Å². The fraction of sp³-hybridized carbons (Fsp3) is 0.500. The van der Waals surface area contributed by atoms with Gasteiger partial charge in [-0.2, -0.15) is 0 Å². The summed E-state index contributed by atoms with van der Waals surface area (Å²) in [4.78, 5) is 12.2. The molecule has 1 fully saturated rings. The quantitative estimate of drug-likeness (QED) is 0.819. The van der Waals surface area contributed by atoms with E-state index in [1.54, 1.807) is 0 Å². The van der Waals surface area contributed by atoms with Gasteiger partial charge in [0.2, 0.25) is 5.91 Å². The first kappa shape index (κ1) is 13.8. The second-order valence-electron chi connectivity index (χ2n) is 5.48. The second-order valence-corrected chi connectivity index (χ2v) is 5.48. The summed E-state index contributed by atoms with van der Waals surface area (Å²) in [5.41, 5.74) is 5.71. The van der Waals surface area contributed by atoms with Crippen molar-refractivity contribution in [3.05, 3.63) is 30.3 Å². The zero-order chi connectivity index (χ0) is 13.9. The highest BCUT2D eigenvalue weighted by molar-refractivity contribution is 5.83. The van der Waals surface area contributed by atoms with Crippen molar-refractivity contribution >= 4 is 11.6 Å². The SMILES string of the molecule is CC1(C)OCC(C)(C(=O)NNc2ccccc2)CO1. The minimum atomic E-state index is -0.683. The number of carbonyl (C=O) groups excluding carboxylic acids is 1. The third-order valence-corrected chi connectivity index (χ3v) is 3.12. The molecule has 2 rings (SSSR count). The van der Waals surface area contributed by atoms with Crippen LogP contribution in [0.1, 0.15) is 20.8 Å². The van der Waals surface area contributed by atoms with E-state index in [1.165, 1.54) is 0 Å². The summed E-state index contributed by atoms with van der Waals surface area (Å²) in [6.07, 6.45) is 0. The van der Waals surface area contributed by atoms with Crippen molar-refractivity contribution < 1.29 is 14.3 Å². The van der Waals surface area contributed by atoms with Gasteiger partial charge in [0, 0.05) is 0 Å². The number of ether oxygens (including phenoxy) is 2. The number of nitrogens with one attached hydrogen (secondary N) is 2. The molecule has 104 valence electrons. The zero-order valence-corrected chi connectivity index (χ0v) is 11.5. The van der Waals surface area contributed by atoms with Crippen molar-refractivity contribution in [2.75, 3.05) is 18.6 Å². The van der Waals surface area contributed by atoms with Crippen molar-refractivity contribution in [1.82, 2.24) is 5.43 Å². The van der Waals surface area contributed by atoms with Crippen LogP contribution in [0.15, 0.2) is 30.3 Å². The summed E-state index contributed by atoms with van der Waals surface area (Å²) in [5.74, 6) is -0.765. The third-order valence-electron chi connectivity index (χ3n) is 3.12. The number of benzene rings is 1. The summed E-state index contributed by atoms with van der Waals surface area (Å²) in [6, 6.07) is 9.45. The maximum absolute atomic E-state index is 12.2. The van der Waals surface area contributed by atoms with Crippen LogP contribution in [-0.2, 0) is 14.3 Å². The van der Waals surface area contributed by atoms with E-state index in [0.717, 1.165) is 5.69 Å². The van der Waals surface area contributed by atoms with E-state index in [-0.39, 0.29) is 5.91 Å². The van der Waals surface area contributed by atoms with Crippen LogP contribution in [0.3, 0.4) is 0 Å². The fourth-order valence-electron chi connectivity index (χ4n) is 1.68. The summed E-state index contributed by atoms with van der Waals surface area (Å²) in [6.45, 7) is 6.17. The van der Waals surface area contributed by atoms with Gasteiger partial charge in [-0.3, -0.25) is 15.6 Å². The third kappa shape index (κ3) is 3.45. The molecule has 0 unspecified atom stereocenters. The molecule has 1 aliphatic rings. The number of carbonyl (C=O) groups is 1. The highest BCUT2D eigenvalue weighted by atomic mass is 16.7. The topological polar surface area (TPSA) is 59.6 Å². The van der Waals surface area contributed by atoms with Gasteiger partial charge in [-0.25, -0.2) is 0 Å². The van der Waals surface area contributed by atoms with E-state index >= 15 is 0 Å². The van der Waals surface area contributed by atoms with Gasteiger partial charge in [0.1, 0.15) is 0 Å². The Morgan fingerprint density at radius 2 is 1.68 bits per heavy atom. The van der Waals surface area contributed by atoms with Gasteiger partial charge in [0.25, 0.3) is 0 Å². The van der Waals surface area contributed by atoms with Gasteiger partial charge < -0.3 is 9.47 Å². The molecule has 1 aliphatic heterocycles. The Morgan fingerprint density at radius 1 is 1.11 bits per heavy atom. The van der Waals surface area contributed by atoms with E-state index in [9.17, 15) is 4.79 Å². The maximum atomic E-state index is 12.2. The molecule has 2 N–H and O–H groups in total. The average Bonchev–Trinajstić information content (AvgIpc) is 2.41. The lowest BCUT2D eigenvalue weighted by atomic mass is 9.91. The number of hydrogen-bond donors (Lipinski definition) is 2. The van der Waals surface area contributed by atoms with Crippen LogP contribution in [0.2, 0.25) is 0 Å². The Bertz CT molecular complexity index is 435. The summed E-state index contributed by atoms with van der Waals surface area (Å²) in [5, 5.41) is 0. The van der Waals surface area contributed by atoms with E-state index in [0.29, 0.717) is 13.2 Å². The molecule has 0 aliphatic carbocycles. The van der Waals surface area contributed by atoms with Crippen molar-refractivity contribution in [2.24, 2.45) is 5.41 Å². The predicted molar refractivity (Wildman–Crippen MR) is 72.3 cm³/mol. The van der Waals surface area contributed by atoms with Gasteiger partial charge in [-0.05, 0) is 32.9 Å². The Balaban J connectivity index is 1.90. The molecule has 0 spiro atoms. The van der Waals surface area contributed by atoms with E-state index in [2.05, 4.69) is 10.9 Å². The number of anilines is 1. The lowest BCUT2D eigenvalue weighted by Crippen LogP contribution is -2.53. The monoisotopic (exact) mass is 264 g/mol. The first-order valence-corrected chi connectivity index (χ1v) is 6.31. The van der Waals surface area contributed by atoms with Crippen LogP contribution in [0.4, 0.5) is 5.69 Å². The molecule has 19 heavy (non-hydrogen) atoms.